The van der Waals surface area contributed by atoms with E-state index >= 15 is 0 Å². The van der Waals surface area contributed by atoms with Crippen molar-refractivity contribution in [3.63, 3.8) is 0 Å². The molecule has 1 N–H and O–H groups in total. The Morgan fingerprint density at radius 2 is 1.79 bits per heavy atom. The lowest BCUT2D eigenvalue weighted by atomic mass is 10.1. The number of benzene rings is 2. The topological polar surface area (TPSA) is 85.9 Å². The van der Waals surface area contributed by atoms with Gasteiger partial charge < -0.3 is 15.0 Å². The molecule has 3 aromatic heterocycles. The maximum atomic E-state index is 5.53. The van der Waals surface area contributed by atoms with Crippen molar-refractivity contribution in [2.45, 2.75) is 0 Å². The van der Waals surface area contributed by atoms with E-state index in [1.165, 1.54) is 0 Å². The number of nitrogens with one attached hydrogen (secondary N) is 1. The number of hydrogen-bond donors (Lipinski definition) is 1. The van der Waals surface area contributed by atoms with Crippen LogP contribution in [-0.2, 0) is 11.8 Å². The van der Waals surface area contributed by atoms with Gasteiger partial charge in [-0.05, 0) is 36.4 Å². The maximum absolute atomic E-state index is 5.53. The number of hydrogen-bond acceptors (Lipinski definition) is 7. The number of fused-ring (bicyclic) bond motifs is 1. The van der Waals surface area contributed by atoms with Crippen molar-refractivity contribution in [1.82, 2.24) is 29.5 Å². The second kappa shape index (κ2) is 8.60. The van der Waals surface area contributed by atoms with Crippen LogP contribution in [0.15, 0.2) is 73.2 Å². The van der Waals surface area contributed by atoms with Crippen LogP contribution in [0, 0.1) is 0 Å². The van der Waals surface area contributed by atoms with Crippen LogP contribution in [0.4, 0.5) is 17.5 Å². The van der Waals surface area contributed by atoms with Gasteiger partial charge in [0.1, 0.15) is 5.82 Å². The van der Waals surface area contributed by atoms with E-state index in [2.05, 4.69) is 38.6 Å². The average molecular weight is 453 g/mol. The number of aromatic nitrogens is 6. The first-order valence-electron chi connectivity index (χ1n) is 11.2. The van der Waals surface area contributed by atoms with Crippen molar-refractivity contribution >= 4 is 28.4 Å². The van der Waals surface area contributed by atoms with E-state index in [1.807, 2.05) is 65.2 Å². The zero-order valence-corrected chi connectivity index (χ0v) is 18.8. The predicted octanol–water partition coefficient (Wildman–Crippen LogP) is 3.80. The summed E-state index contributed by atoms with van der Waals surface area (Å²) >= 11 is 0. The SMILES string of the molecule is Cn1ncc2ccc(-c3cc(Nc4ccc(-n5cccn5)cc4)nc(N4CCOCC4)n3)cc21. The molecular weight excluding hydrogens is 428 g/mol. The first-order chi connectivity index (χ1) is 16.7. The fourth-order valence-electron chi connectivity index (χ4n) is 4.12. The highest BCUT2D eigenvalue weighted by Crippen LogP contribution is 2.28. The van der Waals surface area contributed by atoms with Crippen molar-refractivity contribution in [2.75, 3.05) is 36.5 Å². The fraction of sp³-hybridized carbons (Fsp3) is 0.200. The highest BCUT2D eigenvalue weighted by atomic mass is 16.5. The third-order valence-electron chi connectivity index (χ3n) is 5.96. The highest BCUT2D eigenvalue weighted by Gasteiger charge is 2.17. The van der Waals surface area contributed by atoms with E-state index in [9.17, 15) is 0 Å². The van der Waals surface area contributed by atoms with Crippen LogP contribution in [0.1, 0.15) is 0 Å². The summed E-state index contributed by atoms with van der Waals surface area (Å²) < 4.78 is 9.24. The van der Waals surface area contributed by atoms with Gasteiger partial charge in [0.25, 0.3) is 0 Å². The lowest BCUT2D eigenvalue weighted by Crippen LogP contribution is -2.37. The smallest absolute Gasteiger partial charge is 0.228 e. The van der Waals surface area contributed by atoms with E-state index in [-0.39, 0.29) is 0 Å². The van der Waals surface area contributed by atoms with Crippen LogP contribution in [-0.4, -0.2) is 55.8 Å². The summed E-state index contributed by atoms with van der Waals surface area (Å²) in [6, 6.07) is 18.3. The van der Waals surface area contributed by atoms with E-state index in [0.717, 1.165) is 52.4 Å². The molecule has 0 atom stereocenters. The molecule has 1 aliphatic heterocycles. The first kappa shape index (κ1) is 20.4. The summed E-state index contributed by atoms with van der Waals surface area (Å²) in [6.07, 6.45) is 5.57. The molecule has 0 radical (unpaired) electrons. The number of ether oxygens (including phenoxy) is 1. The van der Waals surface area contributed by atoms with E-state index in [1.54, 1.807) is 6.20 Å². The van der Waals surface area contributed by atoms with Crippen molar-refractivity contribution < 1.29 is 4.74 Å². The van der Waals surface area contributed by atoms with Crippen LogP contribution < -0.4 is 10.2 Å². The largest absolute Gasteiger partial charge is 0.378 e. The molecule has 0 unspecified atom stereocenters. The molecule has 6 rings (SSSR count). The zero-order chi connectivity index (χ0) is 22.9. The van der Waals surface area contributed by atoms with Gasteiger partial charge in [-0.3, -0.25) is 4.68 Å². The molecule has 9 heteroatoms. The summed E-state index contributed by atoms with van der Waals surface area (Å²) in [5, 5.41) is 13.2. The van der Waals surface area contributed by atoms with Gasteiger partial charge in [0.15, 0.2) is 0 Å². The first-order valence-corrected chi connectivity index (χ1v) is 11.2. The van der Waals surface area contributed by atoms with Gasteiger partial charge in [-0.15, -0.1) is 0 Å². The Hall–Kier alpha value is -4.24. The second-order valence-corrected chi connectivity index (χ2v) is 8.20. The van der Waals surface area contributed by atoms with Crippen LogP contribution in [0.25, 0.3) is 27.8 Å². The number of rotatable bonds is 5. The highest BCUT2D eigenvalue weighted by molar-refractivity contribution is 5.84. The quantitative estimate of drug-likeness (QED) is 0.434. The molecule has 0 spiro atoms. The van der Waals surface area contributed by atoms with Crippen molar-refractivity contribution in [2.24, 2.45) is 7.05 Å². The monoisotopic (exact) mass is 452 g/mol. The molecule has 5 aromatic rings. The van der Waals surface area contributed by atoms with E-state index in [4.69, 9.17) is 14.7 Å². The van der Waals surface area contributed by atoms with Gasteiger partial charge in [-0.2, -0.15) is 15.2 Å². The molecule has 1 saturated heterocycles. The molecule has 1 aliphatic rings. The van der Waals surface area contributed by atoms with Gasteiger partial charge in [0, 0.05) is 55.2 Å². The molecule has 0 bridgehead atoms. The summed E-state index contributed by atoms with van der Waals surface area (Å²) in [5.74, 6) is 1.44. The average Bonchev–Trinajstić information content (AvgIpc) is 3.55. The fourth-order valence-corrected chi connectivity index (χ4v) is 4.12. The van der Waals surface area contributed by atoms with Crippen molar-refractivity contribution in [3.05, 3.63) is 73.2 Å². The minimum absolute atomic E-state index is 0.673. The van der Waals surface area contributed by atoms with Crippen LogP contribution in [0.3, 0.4) is 0 Å². The van der Waals surface area contributed by atoms with Gasteiger partial charge in [0.05, 0.1) is 36.3 Å². The van der Waals surface area contributed by atoms with Crippen LogP contribution in [0.5, 0.6) is 0 Å². The Balaban J connectivity index is 1.36. The zero-order valence-electron chi connectivity index (χ0n) is 18.8. The molecule has 34 heavy (non-hydrogen) atoms. The van der Waals surface area contributed by atoms with Gasteiger partial charge in [-0.25, -0.2) is 9.67 Å². The number of nitrogens with zero attached hydrogens (tertiary/aromatic N) is 7. The number of anilines is 3. The van der Waals surface area contributed by atoms with Crippen LogP contribution in [0.2, 0.25) is 0 Å². The third kappa shape index (κ3) is 3.97. The van der Waals surface area contributed by atoms with Crippen molar-refractivity contribution in [1.29, 1.82) is 0 Å². The Morgan fingerprint density at radius 1 is 0.941 bits per heavy atom. The number of morpholine rings is 1. The summed E-state index contributed by atoms with van der Waals surface area (Å²) in [7, 11) is 1.95. The van der Waals surface area contributed by atoms with Gasteiger partial charge in [0.2, 0.25) is 5.95 Å². The Labute approximate surface area is 196 Å². The molecule has 0 aliphatic carbocycles. The Bertz CT molecular complexity index is 1420. The lowest BCUT2D eigenvalue weighted by molar-refractivity contribution is 0.122. The summed E-state index contributed by atoms with van der Waals surface area (Å²) in [6.45, 7) is 2.88. The maximum Gasteiger partial charge on any atom is 0.228 e. The molecule has 0 saturated carbocycles. The Kier molecular flexibility index (Phi) is 5.15. The Morgan fingerprint density at radius 3 is 2.59 bits per heavy atom. The second-order valence-electron chi connectivity index (χ2n) is 8.20. The molecule has 170 valence electrons. The van der Waals surface area contributed by atoms with E-state index in [0.29, 0.717) is 19.2 Å². The van der Waals surface area contributed by atoms with E-state index < -0.39 is 0 Å². The minimum atomic E-state index is 0.673. The molecule has 0 amide bonds. The lowest BCUT2D eigenvalue weighted by Gasteiger charge is -2.27. The summed E-state index contributed by atoms with van der Waals surface area (Å²) in [5.41, 5.74) is 4.88. The van der Waals surface area contributed by atoms with Crippen molar-refractivity contribution in [3.8, 4) is 16.9 Å². The molecule has 4 heterocycles. The third-order valence-corrected chi connectivity index (χ3v) is 5.96. The summed E-state index contributed by atoms with van der Waals surface area (Å²) in [4.78, 5) is 11.9. The minimum Gasteiger partial charge on any atom is -0.378 e. The molecule has 2 aromatic carbocycles. The standard InChI is InChI=1S/C25H24N8O/c1-31-23-15-18(3-4-19(23)17-27-31)22-16-24(30-25(29-22)32-11-13-34-14-12-32)28-20-5-7-21(8-6-20)33-10-2-9-26-33/h2-10,15-17H,11-14H2,1H3,(H,28,29,30). The van der Waals surface area contributed by atoms with Crippen LogP contribution >= 0.6 is 0 Å². The number of aryl methyl sites for hydroxylation is 1. The molecular formula is C25H24N8O. The predicted molar refractivity (Wildman–Crippen MR) is 132 cm³/mol. The molecule has 9 nitrogen and oxygen atoms in total. The molecule has 1 fully saturated rings. The van der Waals surface area contributed by atoms with Gasteiger partial charge >= 0.3 is 0 Å². The normalized spacial score (nSPS) is 14.0. The van der Waals surface area contributed by atoms with Gasteiger partial charge in [-0.1, -0.05) is 12.1 Å².